The van der Waals surface area contributed by atoms with Crippen LogP contribution in [0.1, 0.15) is 20.8 Å². The quantitative estimate of drug-likeness (QED) is 0.469. The number of methoxy groups -OCH3 is 1. The fraction of sp³-hybridized carbons (Fsp3) is 0.588. The first-order chi connectivity index (χ1) is 11.4. The lowest BCUT2D eigenvalue weighted by Crippen LogP contribution is -2.43. The molecule has 0 aliphatic heterocycles. The van der Waals surface area contributed by atoms with Crippen LogP contribution in [0.15, 0.2) is 29.3 Å². The predicted octanol–water partition coefficient (Wildman–Crippen LogP) is 1.55. The summed E-state index contributed by atoms with van der Waals surface area (Å²) in [5.41, 5.74) is -0.355. The molecular formula is C17H28FN3O3. The molecule has 0 spiro atoms. The van der Waals surface area contributed by atoms with Crippen LogP contribution in [-0.2, 0) is 4.74 Å². The molecule has 0 bridgehead atoms. The smallest absolute Gasteiger partial charge is 0.191 e. The van der Waals surface area contributed by atoms with E-state index in [1.54, 1.807) is 7.11 Å². The van der Waals surface area contributed by atoms with E-state index in [1.807, 2.05) is 20.8 Å². The third-order valence-electron chi connectivity index (χ3n) is 3.28. The maximum Gasteiger partial charge on any atom is 0.191 e. The zero-order valence-electron chi connectivity index (χ0n) is 14.8. The van der Waals surface area contributed by atoms with Gasteiger partial charge in [-0.3, -0.25) is 4.99 Å². The number of guanidine groups is 1. The van der Waals surface area contributed by atoms with Gasteiger partial charge < -0.3 is 25.2 Å². The van der Waals surface area contributed by atoms with Crippen LogP contribution < -0.4 is 15.4 Å². The molecule has 6 nitrogen and oxygen atoms in total. The molecule has 0 saturated carbocycles. The molecule has 136 valence electrons. The van der Waals surface area contributed by atoms with Gasteiger partial charge in [0.15, 0.2) is 5.96 Å². The molecule has 1 unspecified atom stereocenters. The van der Waals surface area contributed by atoms with Gasteiger partial charge in [0.2, 0.25) is 0 Å². The third-order valence-corrected chi connectivity index (χ3v) is 3.28. The van der Waals surface area contributed by atoms with Crippen LogP contribution in [0.3, 0.4) is 0 Å². The Labute approximate surface area is 143 Å². The molecule has 7 heteroatoms. The Morgan fingerprint density at radius 1 is 1.29 bits per heavy atom. The number of hydrogen-bond donors (Lipinski definition) is 3. The van der Waals surface area contributed by atoms with Crippen molar-refractivity contribution in [2.75, 3.05) is 33.4 Å². The highest BCUT2D eigenvalue weighted by molar-refractivity contribution is 5.79. The van der Waals surface area contributed by atoms with Crippen molar-refractivity contribution in [3.05, 3.63) is 30.1 Å². The first-order valence-electron chi connectivity index (χ1n) is 8.00. The summed E-state index contributed by atoms with van der Waals surface area (Å²) in [5, 5.41) is 16.1. The number of aliphatic imine (C=N–C) groups is 1. The van der Waals surface area contributed by atoms with Crippen LogP contribution >= 0.6 is 0 Å². The van der Waals surface area contributed by atoms with Crippen molar-refractivity contribution in [1.29, 1.82) is 0 Å². The van der Waals surface area contributed by atoms with E-state index in [0.717, 1.165) is 0 Å². The molecule has 1 rings (SSSR count). The largest absolute Gasteiger partial charge is 0.491 e. The maximum atomic E-state index is 12.8. The summed E-state index contributed by atoms with van der Waals surface area (Å²) in [4.78, 5) is 4.43. The summed E-state index contributed by atoms with van der Waals surface area (Å²) >= 11 is 0. The zero-order valence-corrected chi connectivity index (χ0v) is 14.8. The SMILES string of the molecule is CCNC(=NCC(C)(C)OC)NCC(O)COc1ccc(F)cc1. The minimum absolute atomic E-state index is 0.0988. The highest BCUT2D eigenvalue weighted by Gasteiger charge is 2.16. The average Bonchev–Trinajstić information content (AvgIpc) is 2.57. The molecule has 0 amide bonds. The monoisotopic (exact) mass is 341 g/mol. The second kappa shape index (κ2) is 10.1. The van der Waals surface area contributed by atoms with Crippen molar-refractivity contribution in [2.24, 2.45) is 4.99 Å². The molecule has 0 aliphatic carbocycles. The topological polar surface area (TPSA) is 75.1 Å². The van der Waals surface area contributed by atoms with Crippen LogP contribution in [0.2, 0.25) is 0 Å². The minimum Gasteiger partial charge on any atom is -0.491 e. The summed E-state index contributed by atoms with van der Waals surface area (Å²) in [6.45, 7) is 7.44. The number of halogens is 1. The molecule has 3 N–H and O–H groups in total. The molecule has 0 aromatic heterocycles. The summed E-state index contributed by atoms with van der Waals surface area (Å²) in [6.07, 6.45) is -0.727. The van der Waals surface area contributed by atoms with Gasteiger partial charge in [-0.05, 0) is 45.0 Å². The molecular weight excluding hydrogens is 313 g/mol. The standard InChI is InChI=1S/C17H28FN3O3/c1-5-19-16(21-12-17(2,3)23-4)20-10-14(22)11-24-15-8-6-13(18)7-9-15/h6-9,14,22H,5,10-12H2,1-4H3,(H2,19,20,21). The predicted molar refractivity (Wildman–Crippen MR) is 93.0 cm³/mol. The van der Waals surface area contributed by atoms with E-state index >= 15 is 0 Å². The van der Waals surface area contributed by atoms with Crippen LogP contribution in [0.25, 0.3) is 0 Å². The van der Waals surface area contributed by atoms with Gasteiger partial charge in [0.1, 0.15) is 24.3 Å². The number of rotatable bonds is 9. The Bertz CT molecular complexity index is 506. The molecule has 24 heavy (non-hydrogen) atoms. The Kier molecular flexibility index (Phi) is 8.49. The highest BCUT2D eigenvalue weighted by Crippen LogP contribution is 2.11. The number of nitrogens with one attached hydrogen (secondary N) is 2. The molecule has 1 aromatic carbocycles. The number of aliphatic hydroxyl groups is 1. The Morgan fingerprint density at radius 3 is 2.54 bits per heavy atom. The molecule has 1 atom stereocenters. The summed E-state index contributed by atoms with van der Waals surface area (Å²) < 4.78 is 23.5. The highest BCUT2D eigenvalue weighted by atomic mass is 19.1. The second-order valence-electron chi connectivity index (χ2n) is 5.96. The van der Waals surface area contributed by atoms with Gasteiger partial charge in [-0.1, -0.05) is 0 Å². The average molecular weight is 341 g/mol. The molecule has 0 fully saturated rings. The van der Waals surface area contributed by atoms with Crippen LogP contribution in [0.4, 0.5) is 4.39 Å². The van der Waals surface area contributed by atoms with Crippen LogP contribution in [-0.4, -0.2) is 56.1 Å². The van der Waals surface area contributed by atoms with E-state index in [4.69, 9.17) is 9.47 Å². The Hall–Kier alpha value is -1.86. The first-order valence-corrected chi connectivity index (χ1v) is 8.00. The fourth-order valence-electron chi connectivity index (χ4n) is 1.67. The Balaban J connectivity index is 2.42. The van der Waals surface area contributed by atoms with Gasteiger partial charge in [-0.25, -0.2) is 4.39 Å². The third kappa shape index (κ3) is 8.12. The zero-order chi connectivity index (χ0) is 18.0. The van der Waals surface area contributed by atoms with Gasteiger partial charge in [-0.15, -0.1) is 0 Å². The van der Waals surface area contributed by atoms with Crippen molar-refractivity contribution in [2.45, 2.75) is 32.5 Å². The van der Waals surface area contributed by atoms with Gasteiger partial charge in [0, 0.05) is 20.2 Å². The number of benzene rings is 1. The second-order valence-corrected chi connectivity index (χ2v) is 5.96. The van der Waals surface area contributed by atoms with Crippen molar-refractivity contribution >= 4 is 5.96 Å². The molecule has 0 radical (unpaired) electrons. The van der Waals surface area contributed by atoms with Crippen LogP contribution in [0, 0.1) is 5.82 Å². The van der Waals surface area contributed by atoms with Crippen molar-refractivity contribution in [3.8, 4) is 5.75 Å². The van der Waals surface area contributed by atoms with Crippen molar-refractivity contribution in [1.82, 2.24) is 10.6 Å². The Morgan fingerprint density at radius 2 is 1.96 bits per heavy atom. The lowest BCUT2D eigenvalue weighted by molar-refractivity contribution is 0.0310. The van der Waals surface area contributed by atoms with E-state index in [9.17, 15) is 9.50 Å². The van der Waals surface area contributed by atoms with Crippen molar-refractivity contribution in [3.63, 3.8) is 0 Å². The lowest BCUT2D eigenvalue weighted by atomic mass is 10.1. The van der Waals surface area contributed by atoms with E-state index < -0.39 is 6.10 Å². The number of hydrogen-bond acceptors (Lipinski definition) is 4. The number of ether oxygens (including phenoxy) is 2. The summed E-state index contributed by atoms with van der Waals surface area (Å²) in [5.74, 6) is 0.788. The molecule has 0 saturated heterocycles. The lowest BCUT2D eigenvalue weighted by Gasteiger charge is -2.21. The fourth-order valence-corrected chi connectivity index (χ4v) is 1.67. The van der Waals surface area contributed by atoms with Gasteiger partial charge >= 0.3 is 0 Å². The van der Waals surface area contributed by atoms with Gasteiger partial charge in [0.05, 0.1) is 12.1 Å². The number of aliphatic hydroxyl groups excluding tert-OH is 1. The molecule has 0 heterocycles. The maximum absolute atomic E-state index is 12.8. The van der Waals surface area contributed by atoms with E-state index in [1.165, 1.54) is 24.3 Å². The van der Waals surface area contributed by atoms with Crippen molar-refractivity contribution < 1.29 is 19.0 Å². The van der Waals surface area contributed by atoms with E-state index in [2.05, 4.69) is 15.6 Å². The first kappa shape index (κ1) is 20.2. The minimum atomic E-state index is -0.727. The van der Waals surface area contributed by atoms with E-state index in [0.29, 0.717) is 24.8 Å². The van der Waals surface area contributed by atoms with E-state index in [-0.39, 0.29) is 24.6 Å². The molecule has 1 aromatic rings. The summed E-state index contributed by atoms with van der Waals surface area (Å²) in [6, 6.07) is 5.67. The summed E-state index contributed by atoms with van der Waals surface area (Å²) in [7, 11) is 1.65. The van der Waals surface area contributed by atoms with Gasteiger partial charge in [-0.2, -0.15) is 0 Å². The normalized spacial score (nSPS) is 13.5. The number of nitrogens with zero attached hydrogens (tertiary/aromatic N) is 1. The van der Waals surface area contributed by atoms with Gasteiger partial charge in [0.25, 0.3) is 0 Å². The van der Waals surface area contributed by atoms with Crippen LogP contribution in [0.5, 0.6) is 5.75 Å². The molecule has 0 aliphatic rings.